The molecule has 1 heterocycles. The van der Waals surface area contributed by atoms with Gasteiger partial charge >= 0.3 is 5.97 Å². The number of benzene rings is 1. The minimum Gasteiger partial charge on any atom is -0.598 e. The lowest BCUT2D eigenvalue weighted by atomic mass is 10.1. The van der Waals surface area contributed by atoms with Gasteiger partial charge in [0.2, 0.25) is 0 Å². The average Bonchev–Trinajstić information content (AvgIpc) is 2.54. The van der Waals surface area contributed by atoms with Gasteiger partial charge in [0.25, 0.3) is 0 Å². The van der Waals surface area contributed by atoms with Crippen LogP contribution in [0.3, 0.4) is 0 Å². The van der Waals surface area contributed by atoms with E-state index in [0.29, 0.717) is 5.69 Å². The Hall–Kier alpha value is -1.89. The number of rotatable bonds is 6. The highest BCUT2D eigenvalue weighted by Crippen LogP contribution is 2.24. The number of aliphatic carboxylic acids is 1. The molecule has 0 amide bonds. The monoisotopic (exact) mass is 346 g/mol. The van der Waals surface area contributed by atoms with Crippen LogP contribution in [0.4, 0.5) is 0 Å². The highest BCUT2D eigenvalue weighted by molar-refractivity contribution is 7.90. The Morgan fingerprint density at radius 1 is 1.21 bits per heavy atom. The number of nitrogens with zero attached hydrogens (tertiary/aromatic N) is 1. The molecule has 0 bridgehead atoms. The minimum atomic E-state index is -1.39. The molecule has 128 valence electrons. The SMILES string of the molecule is CC(C)(C)[S@@+]([O-])NC(CC(=O)O)c1cccc(-c2ccccc2)n1. The second-order valence-corrected chi connectivity index (χ2v) is 8.46. The summed E-state index contributed by atoms with van der Waals surface area (Å²) in [4.78, 5) is 15.8. The number of hydrogen-bond donors (Lipinski definition) is 2. The van der Waals surface area contributed by atoms with Crippen LogP contribution >= 0.6 is 0 Å². The first-order valence-electron chi connectivity index (χ1n) is 7.69. The summed E-state index contributed by atoms with van der Waals surface area (Å²) in [5.74, 6) is -0.967. The van der Waals surface area contributed by atoms with Gasteiger partial charge in [-0.15, -0.1) is 4.72 Å². The third-order valence-corrected chi connectivity index (χ3v) is 4.99. The molecule has 2 N–H and O–H groups in total. The van der Waals surface area contributed by atoms with E-state index in [4.69, 9.17) is 0 Å². The number of nitrogens with one attached hydrogen (secondary N) is 1. The summed E-state index contributed by atoms with van der Waals surface area (Å²) < 4.78 is 14.8. The average molecular weight is 346 g/mol. The van der Waals surface area contributed by atoms with E-state index < -0.39 is 28.1 Å². The number of carboxylic acids is 1. The van der Waals surface area contributed by atoms with Crippen molar-refractivity contribution in [3.05, 3.63) is 54.2 Å². The third-order valence-electron chi connectivity index (χ3n) is 3.38. The van der Waals surface area contributed by atoms with E-state index in [1.54, 1.807) is 6.07 Å². The fourth-order valence-corrected chi connectivity index (χ4v) is 2.92. The molecule has 0 radical (unpaired) electrons. The molecule has 0 aliphatic rings. The smallest absolute Gasteiger partial charge is 0.305 e. The molecular formula is C18H22N2O3S. The van der Waals surface area contributed by atoms with Crippen LogP contribution in [0.5, 0.6) is 0 Å². The summed E-state index contributed by atoms with van der Waals surface area (Å²) >= 11 is -1.39. The number of pyridine rings is 1. The third kappa shape index (κ3) is 5.06. The molecule has 2 aromatic rings. The van der Waals surface area contributed by atoms with E-state index >= 15 is 0 Å². The van der Waals surface area contributed by atoms with Crippen LogP contribution in [0.25, 0.3) is 11.3 Å². The molecule has 0 fully saturated rings. The Morgan fingerprint density at radius 3 is 2.46 bits per heavy atom. The number of aromatic nitrogens is 1. The van der Waals surface area contributed by atoms with Gasteiger partial charge < -0.3 is 9.66 Å². The van der Waals surface area contributed by atoms with Crippen LogP contribution in [0.2, 0.25) is 0 Å². The maximum absolute atomic E-state index is 12.4. The van der Waals surface area contributed by atoms with Gasteiger partial charge in [0, 0.05) is 16.9 Å². The number of carbonyl (C=O) groups is 1. The van der Waals surface area contributed by atoms with Gasteiger partial charge in [-0.2, -0.15) is 0 Å². The first-order valence-corrected chi connectivity index (χ1v) is 8.84. The summed E-state index contributed by atoms with van der Waals surface area (Å²) in [6, 6.07) is 14.5. The zero-order valence-electron chi connectivity index (χ0n) is 14.0. The first-order chi connectivity index (χ1) is 11.3. The van der Waals surface area contributed by atoms with Crippen LogP contribution in [0.15, 0.2) is 48.5 Å². The van der Waals surface area contributed by atoms with Crippen LogP contribution < -0.4 is 4.72 Å². The van der Waals surface area contributed by atoms with Crippen molar-refractivity contribution in [2.24, 2.45) is 0 Å². The molecule has 24 heavy (non-hydrogen) atoms. The Balaban J connectivity index is 2.31. The van der Waals surface area contributed by atoms with Gasteiger partial charge in [-0.05, 0) is 32.9 Å². The Labute approximate surface area is 145 Å². The molecule has 5 nitrogen and oxygen atoms in total. The quantitative estimate of drug-likeness (QED) is 0.784. The maximum Gasteiger partial charge on any atom is 0.305 e. The molecule has 0 saturated carbocycles. The van der Waals surface area contributed by atoms with Crippen molar-refractivity contribution < 1.29 is 14.5 Å². The largest absolute Gasteiger partial charge is 0.598 e. The molecule has 2 atom stereocenters. The van der Waals surface area contributed by atoms with Gasteiger partial charge in [0.05, 0.1) is 17.8 Å². The van der Waals surface area contributed by atoms with Crippen molar-refractivity contribution in [2.75, 3.05) is 0 Å². The van der Waals surface area contributed by atoms with Crippen molar-refractivity contribution in [2.45, 2.75) is 38.0 Å². The fraction of sp³-hybridized carbons (Fsp3) is 0.333. The molecule has 1 unspecified atom stereocenters. The molecule has 6 heteroatoms. The van der Waals surface area contributed by atoms with Gasteiger partial charge in [-0.3, -0.25) is 9.78 Å². The zero-order chi connectivity index (χ0) is 17.7. The molecule has 1 aromatic heterocycles. The van der Waals surface area contributed by atoms with Gasteiger partial charge in [-0.25, -0.2) is 0 Å². The summed E-state index contributed by atoms with van der Waals surface area (Å²) in [6.45, 7) is 5.51. The van der Waals surface area contributed by atoms with E-state index in [1.807, 2.05) is 63.2 Å². The number of hydrogen-bond acceptors (Lipinski definition) is 4. The molecule has 0 spiro atoms. The van der Waals surface area contributed by atoms with Crippen molar-refractivity contribution in [1.29, 1.82) is 0 Å². The predicted octanol–water partition coefficient (Wildman–Crippen LogP) is 3.32. The molecule has 2 rings (SSSR count). The maximum atomic E-state index is 12.4. The second kappa shape index (κ2) is 7.79. The van der Waals surface area contributed by atoms with Crippen molar-refractivity contribution in [3.8, 4) is 11.3 Å². The molecular weight excluding hydrogens is 324 g/mol. The Bertz CT molecular complexity index is 686. The van der Waals surface area contributed by atoms with E-state index in [-0.39, 0.29) is 6.42 Å². The van der Waals surface area contributed by atoms with E-state index in [9.17, 15) is 14.5 Å². The standard InChI is InChI=1S/C18H22N2O3S/c1-18(2,3)24(23)20-16(12-17(21)22)15-11-7-10-14(19-15)13-8-5-4-6-9-13/h4-11,16,20H,12H2,1-3H3,(H,21,22)/t16?,24-/m1/s1. The normalized spacial score (nSPS) is 14.2. The van der Waals surface area contributed by atoms with E-state index in [1.165, 1.54) is 0 Å². The second-order valence-electron chi connectivity index (χ2n) is 6.46. The first kappa shape index (κ1) is 18.4. The van der Waals surface area contributed by atoms with Crippen molar-refractivity contribution >= 4 is 17.3 Å². The molecule has 0 saturated heterocycles. The van der Waals surface area contributed by atoms with Crippen molar-refractivity contribution in [3.63, 3.8) is 0 Å². The highest BCUT2D eigenvalue weighted by atomic mass is 32.2. The summed E-state index contributed by atoms with van der Waals surface area (Å²) in [5.41, 5.74) is 2.27. The van der Waals surface area contributed by atoms with Gasteiger partial charge in [0.15, 0.2) is 0 Å². The fourth-order valence-electron chi connectivity index (χ4n) is 2.10. The Kier molecular flexibility index (Phi) is 5.99. The van der Waals surface area contributed by atoms with Gasteiger partial charge in [-0.1, -0.05) is 36.4 Å². The van der Waals surface area contributed by atoms with E-state index in [2.05, 4.69) is 9.71 Å². The molecule has 0 aliphatic heterocycles. The molecule has 1 aromatic carbocycles. The highest BCUT2D eigenvalue weighted by Gasteiger charge is 2.31. The lowest BCUT2D eigenvalue weighted by Crippen LogP contribution is -2.42. The lowest BCUT2D eigenvalue weighted by Gasteiger charge is -2.27. The van der Waals surface area contributed by atoms with Crippen LogP contribution in [-0.2, 0) is 16.2 Å². The lowest BCUT2D eigenvalue weighted by molar-refractivity contribution is -0.137. The van der Waals surface area contributed by atoms with Crippen molar-refractivity contribution in [1.82, 2.24) is 9.71 Å². The summed E-state index contributed by atoms with van der Waals surface area (Å²) in [5, 5.41) is 9.18. The molecule has 0 aliphatic carbocycles. The van der Waals surface area contributed by atoms with Crippen LogP contribution in [-0.4, -0.2) is 25.4 Å². The van der Waals surface area contributed by atoms with Crippen LogP contribution in [0.1, 0.15) is 38.9 Å². The zero-order valence-corrected chi connectivity index (χ0v) is 14.8. The number of carboxylic acid groups (broad SMARTS) is 1. The predicted molar refractivity (Wildman–Crippen MR) is 95.7 cm³/mol. The topological polar surface area (TPSA) is 85.3 Å². The Morgan fingerprint density at radius 2 is 1.88 bits per heavy atom. The van der Waals surface area contributed by atoms with E-state index in [0.717, 1.165) is 11.3 Å². The van der Waals surface area contributed by atoms with Crippen LogP contribution in [0, 0.1) is 0 Å². The van der Waals surface area contributed by atoms with Gasteiger partial charge in [0.1, 0.15) is 10.8 Å². The summed E-state index contributed by atoms with van der Waals surface area (Å²) in [7, 11) is 0. The summed E-state index contributed by atoms with van der Waals surface area (Å²) in [6.07, 6.45) is -0.187. The minimum absolute atomic E-state index is 0.187.